The molecule has 3 nitrogen and oxygen atoms in total. The minimum absolute atomic E-state index is 0.0730. The molecule has 0 spiro atoms. The lowest BCUT2D eigenvalue weighted by Crippen LogP contribution is -2.44. The van der Waals surface area contributed by atoms with Crippen LogP contribution in [0.15, 0.2) is 30.3 Å². The van der Waals surface area contributed by atoms with Crippen LogP contribution >= 0.6 is 0 Å². The summed E-state index contributed by atoms with van der Waals surface area (Å²) in [4.78, 5) is 11.9. The number of hydrogen-bond acceptors (Lipinski definition) is 3. The molecule has 0 aromatic heterocycles. The minimum Gasteiger partial charge on any atom is -0.462 e. The van der Waals surface area contributed by atoms with Crippen LogP contribution in [-0.4, -0.2) is 23.8 Å². The predicted octanol–water partition coefficient (Wildman–Crippen LogP) is 3.97. The van der Waals surface area contributed by atoms with E-state index in [1.54, 1.807) is 12.1 Å². The maximum absolute atomic E-state index is 11.9. The summed E-state index contributed by atoms with van der Waals surface area (Å²) in [6.07, 6.45) is 4.02. The van der Waals surface area contributed by atoms with Crippen LogP contribution in [0.3, 0.4) is 0 Å². The Morgan fingerprint density at radius 1 is 1.20 bits per heavy atom. The first kappa shape index (κ1) is 15.0. The fourth-order valence-corrected chi connectivity index (χ4v) is 2.85. The van der Waals surface area contributed by atoms with Crippen LogP contribution in [0, 0.1) is 0 Å². The molecular formula is C17H24O3. The van der Waals surface area contributed by atoms with Crippen LogP contribution in [0.2, 0.25) is 0 Å². The Morgan fingerprint density at radius 2 is 1.90 bits per heavy atom. The summed E-state index contributed by atoms with van der Waals surface area (Å²) in [5.41, 5.74) is 0.345. The molecule has 0 N–H and O–H groups in total. The van der Waals surface area contributed by atoms with E-state index in [2.05, 4.69) is 20.8 Å². The number of rotatable bonds is 4. The van der Waals surface area contributed by atoms with E-state index in [-0.39, 0.29) is 17.2 Å². The number of esters is 1. The molecule has 0 radical (unpaired) electrons. The van der Waals surface area contributed by atoms with Crippen molar-refractivity contribution >= 4 is 5.97 Å². The first-order valence-electron chi connectivity index (χ1n) is 7.33. The second-order valence-corrected chi connectivity index (χ2v) is 6.42. The first-order chi connectivity index (χ1) is 9.40. The first-order valence-corrected chi connectivity index (χ1v) is 7.33. The average Bonchev–Trinajstić information content (AvgIpc) is 2.38. The molecule has 0 amide bonds. The van der Waals surface area contributed by atoms with Crippen LogP contribution < -0.4 is 0 Å². The van der Waals surface area contributed by atoms with Crippen molar-refractivity contribution in [1.82, 2.24) is 0 Å². The Bertz CT molecular complexity index is 453. The quantitative estimate of drug-likeness (QED) is 0.781. The lowest BCUT2D eigenvalue weighted by atomic mass is 9.86. The summed E-state index contributed by atoms with van der Waals surface area (Å²) >= 11 is 0. The third kappa shape index (κ3) is 4.07. The molecule has 1 aliphatic rings. The van der Waals surface area contributed by atoms with Crippen LogP contribution in [-0.2, 0) is 9.47 Å². The Hall–Kier alpha value is -1.35. The van der Waals surface area contributed by atoms with Gasteiger partial charge in [-0.3, -0.25) is 0 Å². The molecule has 0 bridgehead atoms. The number of carbonyl (C=O) groups excluding carboxylic acids is 1. The van der Waals surface area contributed by atoms with Crippen LogP contribution in [0.4, 0.5) is 0 Å². The predicted molar refractivity (Wildman–Crippen MR) is 78.8 cm³/mol. The van der Waals surface area contributed by atoms with E-state index in [1.165, 1.54) is 0 Å². The van der Waals surface area contributed by atoms with Crippen LogP contribution in [0.5, 0.6) is 0 Å². The maximum atomic E-state index is 11.9. The molecular weight excluding hydrogens is 252 g/mol. The van der Waals surface area contributed by atoms with Crippen LogP contribution in [0.1, 0.15) is 56.8 Å². The maximum Gasteiger partial charge on any atom is 0.338 e. The number of carbonyl (C=O) groups is 1. The minimum atomic E-state index is -0.260. The van der Waals surface area contributed by atoms with Crippen molar-refractivity contribution in [3.8, 4) is 0 Å². The molecule has 1 atom stereocenters. The normalized spacial score (nSPS) is 25.1. The van der Waals surface area contributed by atoms with E-state index in [0.29, 0.717) is 12.2 Å². The zero-order chi connectivity index (χ0) is 14.6. The second kappa shape index (κ2) is 5.96. The van der Waals surface area contributed by atoms with Crippen molar-refractivity contribution in [3.05, 3.63) is 35.9 Å². The number of ether oxygens (including phenoxy) is 2. The van der Waals surface area contributed by atoms with Gasteiger partial charge in [0.2, 0.25) is 0 Å². The van der Waals surface area contributed by atoms with E-state index in [4.69, 9.17) is 9.47 Å². The summed E-state index contributed by atoms with van der Waals surface area (Å²) in [5.74, 6) is -0.260. The van der Waals surface area contributed by atoms with Crippen molar-refractivity contribution in [3.63, 3.8) is 0 Å². The highest BCUT2D eigenvalue weighted by Crippen LogP contribution is 2.36. The van der Waals surface area contributed by atoms with Gasteiger partial charge in [-0.1, -0.05) is 18.2 Å². The molecule has 2 rings (SSSR count). The SMILES string of the molecule is CC1(C)CCCC(C)(CCOC(=O)c2ccccc2)O1. The van der Waals surface area contributed by atoms with Gasteiger partial charge in [0.15, 0.2) is 0 Å². The monoisotopic (exact) mass is 276 g/mol. The van der Waals surface area contributed by atoms with Crippen molar-refractivity contribution in [1.29, 1.82) is 0 Å². The number of benzene rings is 1. The topological polar surface area (TPSA) is 35.5 Å². The smallest absolute Gasteiger partial charge is 0.338 e. The standard InChI is InChI=1S/C17H24O3/c1-16(2)10-7-11-17(3,20-16)12-13-19-15(18)14-8-5-4-6-9-14/h4-6,8-9H,7,10-13H2,1-3H3. The largest absolute Gasteiger partial charge is 0.462 e. The molecule has 1 saturated heterocycles. The van der Waals surface area contributed by atoms with Crippen molar-refractivity contribution in [2.75, 3.05) is 6.61 Å². The third-order valence-electron chi connectivity index (χ3n) is 3.88. The van der Waals surface area contributed by atoms with Gasteiger partial charge in [-0.2, -0.15) is 0 Å². The van der Waals surface area contributed by atoms with Gasteiger partial charge in [0.05, 0.1) is 23.4 Å². The van der Waals surface area contributed by atoms with Gasteiger partial charge >= 0.3 is 5.97 Å². The van der Waals surface area contributed by atoms with Gasteiger partial charge in [-0.25, -0.2) is 4.79 Å². The Kier molecular flexibility index (Phi) is 4.48. The van der Waals surface area contributed by atoms with Gasteiger partial charge in [0, 0.05) is 6.42 Å². The molecule has 1 heterocycles. The van der Waals surface area contributed by atoms with E-state index in [1.807, 2.05) is 18.2 Å². The van der Waals surface area contributed by atoms with Gasteiger partial charge < -0.3 is 9.47 Å². The number of hydrogen-bond donors (Lipinski definition) is 0. The summed E-state index contributed by atoms with van der Waals surface area (Å²) in [7, 11) is 0. The average molecular weight is 276 g/mol. The van der Waals surface area contributed by atoms with Gasteiger partial charge in [0.25, 0.3) is 0 Å². The molecule has 0 aliphatic carbocycles. The second-order valence-electron chi connectivity index (χ2n) is 6.42. The van der Waals surface area contributed by atoms with E-state index in [9.17, 15) is 4.79 Å². The highest BCUT2D eigenvalue weighted by atomic mass is 16.5. The molecule has 3 heteroatoms. The zero-order valence-electron chi connectivity index (χ0n) is 12.6. The van der Waals surface area contributed by atoms with E-state index < -0.39 is 0 Å². The molecule has 1 aromatic carbocycles. The lowest BCUT2D eigenvalue weighted by molar-refractivity contribution is -0.171. The van der Waals surface area contributed by atoms with E-state index >= 15 is 0 Å². The third-order valence-corrected chi connectivity index (χ3v) is 3.88. The molecule has 20 heavy (non-hydrogen) atoms. The van der Waals surface area contributed by atoms with E-state index in [0.717, 1.165) is 25.7 Å². The highest BCUT2D eigenvalue weighted by Gasteiger charge is 2.37. The lowest BCUT2D eigenvalue weighted by Gasteiger charge is -2.43. The highest BCUT2D eigenvalue weighted by molar-refractivity contribution is 5.89. The van der Waals surface area contributed by atoms with Gasteiger partial charge in [-0.05, 0) is 52.2 Å². The van der Waals surface area contributed by atoms with Crippen LogP contribution in [0.25, 0.3) is 0 Å². The molecule has 1 aromatic rings. The molecule has 1 unspecified atom stereocenters. The molecule has 110 valence electrons. The summed E-state index contributed by atoms with van der Waals surface area (Å²) in [5, 5.41) is 0. The molecule has 1 fully saturated rings. The molecule has 1 aliphatic heterocycles. The fourth-order valence-electron chi connectivity index (χ4n) is 2.85. The Labute approximate surface area is 121 Å². The van der Waals surface area contributed by atoms with Crippen molar-refractivity contribution < 1.29 is 14.3 Å². The summed E-state index contributed by atoms with van der Waals surface area (Å²) in [6.45, 7) is 6.77. The van der Waals surface area contributed by atoms with Gasteiger partial charge in [-0.15, -0.1) is 0 Å². The molecule has 0 saturated carbocycles. The Balaban J connectivity index is 1.82. The zero-order valence-corrected chi connectivity index (χ0v) is 12.6. The van der Waals surface area contributed by atoms with Crippen molar-refractivity contribution in [2.24, 2.45) is 0 Å². The van der Waals surface area contributed by atoms with Gasteiger partial charge in [0.1, 0.15) is 0 Å². The van der Waals surface area contributed by atoms with Crippen molar-refractivity contribution in [2.45, 2.75) is 57.7 Å². The Morgan fingerprint density at radius 3 is 2.55 bits per heavy atom. The summed E-state index contributed by atoms with van der Waals surface area (Å²) in [6, 6.07) is 9.10. The summed E-state index contributed by atoms with van der Waals surface area (Å²) < 4.78 is 11.5. The fraction of sp³-hybridized carbons (Fsp3) is 0.588.